The molecule has 1 aliphatic carbocycles. The predicted molar refractivity (Wildman–Crippen MR) is 94.4 cm³/mol. The van der Waals surface area contributed by atoms with Gasteiger partial charge in [-0.25, -0.2) is 4.79 Å². The number of ether oxygens (including phenoxy) is 2. The van der Waals surface area contributed by atoms with Crippen LogP contribution < -0.4 is 5.32 Å². The lowest BCUT2D eigenvalue weighted by molar-refractivity contribution is -0.116. The average Bonchev–Trinajstić information content (AvgIpc) is 3.02. The Morgan fingerprint density at radius 1 is 1.28 bits per heavy atom. The first kappa shape index (κ1) is 19.4. The maximum atomic E-state index is 12.2. The molecule has 0 spiro atoms. The van der Waals surface area contributed by atoms with E-state index in [2.05, 4.69) is 15.5 Å². The van der Waals surface area contributed by atoms with Gasteiger partial charge in [-0.05, 0) is 32.1 Å². The van der Waals surface area contributed by atoms with Gasteiger partial charge in [-0.15, -0.1) is 0 Å². The summed E-state index contributed by atoms with van der Waals surface area (Å²) in [7, 11) is 1.79. The summed E-state index contributed by atoms with van der Waals surface area (Å²) >= 11 is 0. The van der Waals surface area contributed by atoms with Gasteiger partial charge in [0.05, 0.1) is 18.9 Å². The van der Waals surface area contributed by atoms with E-state index >= 15 is 0 Å². The Morgan fingerprint density at radius 3 is 2.64 bits per heavy atom. The molecule has 1 heterocycles. The second kappa shape index (κ2) is 10.2. The Morgan fingerprint density at radius 2 is 2.00 bits per heavy atom. The SMILES string of the molecule is CCOC(=O)c1cn[nH]c1NC(=O)CCC1CCCC(OC)CCC1. The molecule has 7 nitrogen and oxygen atoms in total. The first-order valence-corrected chi connectivity index (χ1v) is 9.17. The minimum Gasteiger partial charge on any atom is -0.462 e. The molecule has 140 valence electrons. The topological polar surface area (TPSA) is 93.3 Å². The second-order valence-electron chi connectivity index (χ2n) is 6.55. The van der Waals surface area contributed by atoms with Crippen LogP contribution >= 0.6 is 0 Å². The van der Waals surface area contributed by atoms with Crippen LogP contribution in [0.25, 0.3) is 0 Å². The molecular formula is C18H29N3O4. The van der Waals surface area contributed by atoms with Crippen molar-refractivity contribution < 1.29 is 19.1 Å². The number of aromatic nitrogens is 2. The lowest BCUT2D eigenvalue weighted by Gasteiger charge is -2.23. The van der Waals surface area contributed by atoms with E-state index in [1.807, 2.05) is 0 Å². The Kier molecular flexibility index (Phi) is 7.91. The van der Waals surface area contributed by atoms with Crippen molar-refractivity contribution in [2.24, 2.45) is 5.92 Å². The van der Waals surface area contributed by atoms with Crippen LogP contribution in [0.3, 0.4) is 0 Å². The number of carbonyl (C=O) groups excluding carboxylic acids is 2. The molecule has 0 aliphatic heterocycles. The first-order chi connectivity index (χ1) is 12.1. The van der Waals surface area contributed by atoms with Crippen molar-refractivity contribution in [3.05, 3.63) is 11.8 Å². The standard InChI is InChI=1S/C18H29N3O4/c1-3-25-18(23)15-12-19-21-17(15)20-16(22)11-10-13-6-4-8-14(24-2)9-5-7-13/h12-14H,3-11H2,1-2H3,(H2,19,20,21,22). The van der Waals surface area contributed by atoms with Crippen molar-refractivity contribution in [1.29, 1.82) is 0 Å². The molecule has 1 aliphatic rings. The van der Waals surface area contributed by atoms with Gasteiger partial charge >= 0.3 is 5.97 Å². The van der Waals surface area contributed by atoms with Crippen LogP contribution in [0.2, 0.25) is 0 Å². The van der Waals surface area contributed by atoms with E-state index in [0.29, 0.717) is 24.3 Å². The van der Waals surface area contributed by atoms with E-state index in [0.717, 1.165) is 44.9 Å². The van der Waals surface area contributed by atoms with Crippen molar-refractivity contribution in [2.45, 2.75) is 64.4 Å². The number of rotatable bonds is 7. The Labute approximate surface area is 148 Å². The van der Waals surface area contributed by atoms with Crippen LogP contribution in [-0.4, -0.2) is 41.9 Å². The molecule has 0 aromatic carbocycles. The number of carbonyl (C=O) groups is 2. The van der Waals surface area contributed by atoms with Crippen LogP contribution in [0.1, 0.15) is 68.6 Å². The van der Waals surface area contributed by atoms with E-state index < -0.39 is 5.97 Å². The van der Waals surface area contributed by atoms with Gasteiger partial charge in [0.15, 0.2) is 0 Å². The number of esters is 1. The molecule has 25 heavy (non-hydrogen) atoms. The molecule has 0 bridgehead atoms. The number of anilines is 1. The highest BCUT2D eigenvalue weighted by atomic mass is 16.5. The lowest BCUT2D eigenvalue weighted by Crippen LogP contribution is -2.18. The Bertz CT molecular complexity index is 548. The Hall–Kier alpha value is -1.89. The predicted octanol–water partition coefficient (Wildman–Crippen LogP) is 3.29. The fourth-order valence-electron chi connectivity index (χ4n) is 3.36. The van der Waals surface area contributed by atoms with Crippen LogP contribution in [0.15, 0.2) is 6.20 Å². The summed E-state index contributed by atoms with van der Waals surface area (Å²) in [5, 5.41) is 9.20. The molecular weight excluding hydrogens is 322 g/mol. The van der Waals surface area contributed by atoms with Gasteiger partial charge in [-0.3, -0.25) is 9.89 Å². The monoisotopic (exact) mass is 351 g/mol. The zero-order valence-corrected chi connectivity index (χ0v) is 15.2. The van der Waals surface area contributed by atoms with Crippen LogP contribution in [0.4, 0.5) is 5.82 Å². The third-order valence-corrected chi connectivity index (χ3v) is 4.79. The van der Waals surface area contributed by atoms with Crippen molar-refractivity contribution in [1.82, 2.24) is 10.2 Å². The third-order valence-electron chi connectivity index (χ3n) is 4.79. The fraction of sp³-hybridized carbons (Fsp3) is 0.722. The molecule has 1 aromatic rings. The average molecular weight is 351 g/mol. The van der Waals surface area contributed by atoms with E-state index in [1.165, 1.54) is 6.20 Å². The maximum Gasteiger partial charge on any atom is 0.343 e. The van der Waals surface area contributed by atoms with E-state index in [4.69, 9.17) is 9.47 Å². The summed E-state index contributed by atoms with van der Waals surface area (Å²) in [4.78, 5) is 24.0. The Balaban J connectivity index is 1.77. The minimum atomic E-state index is -0.487. The molecule has 0 saturated heterocycles. The van der Waals surface area contributed by atoms with Crippen LogP contribution in [0, 0.1) is 5.92 Å². The molecule has 0 atom stereocenters. The number of aromatic amines is 1. The number of amides is 1. The maximum absolute atomic E-state index is 12.2. The smallest absolute Gasteiger partial charge is 0.343 e. The minimum absolute atomic E-state index is 0.105. The number of hydrogen-bond donors (Lipinski definition) is 2. The molecule has 7 heteroatoms. The number of H-pyrrole nitrogens is 1. The van der Waals surface area contributed by atoms with Gasteiger partial charge in [0.2, 0.25) is 5.91 Å². The van der Waals surface area contributed by atoms with E-state index in [-0.39, 0.29) is 18.1 Å². The zero-order valence-electron chi connectivity index (χ0n) is 15.2. The number of hydrogen-bond acceptors (Lipinski definition) is 5. The molecule has 0 unspecified atom stereocenters. The highest BCUT2D eigenvalue weighted by molar-refractivity contribution is 5.99. The van der Waals surface area contributed by atoms with Gasteiger partial charge in [0.25, 0.3) is 0 Å². The summed E-state index contributed by atoms with van der Waals surface area (Å²) in [5.74, 6) is 0.296. The quantitative estimate of drug-likeness (QED) is 0.735. The van der Waals surface area contributed by atoms with Crippen molar-refractivity contribution >= 4 is 17.7 Å². The fourth-order valence-corrected chi connectivity index (χ4v) is 3.36. The number of nitrogens with zero attached hydrogens (tertiary/aromatic N) is 1. The van der Waals surface area contributed by atoms with Gasteiger partial charge in [0.1, 0.15) is 11.4 Å². The van der Waals surface area contributed by atoms with Gasteiger partial charge in [-0.1, -0.05) is 25.7 Å². The summed E-state index contributed by atoms with van der Waals surface area (Å²) in [6, 6.07) is 0. The summed E-state index contributed by atoms with van der Waals surface area (Å²) in [6.07, 6.45) is 9.88. The van der Waals surface area contributed by atoms with Gasteiger partial charge < -0.3 is 14.8 Å². The molecule has 1 fully saturated rings. The van der Waals surface area contributed by atoms with Gasteiger partial charge in [0, 0.05) is 13.5 Å². The van der Waals surface area contributed by atoms with Gasteiger partial charge in [-0.2, -0.15) is 5.10 Å². The van der Waals surface area contributed by atoms with Crippen molar-refractivity contribution in [2.75, 3.05) is 19.0 Å². The molecule has 1 amide bonds. The highest BCUT2D eigenvalue weighted by Gasteiger charge is 2.19. The summed E-state index contributed by atoms with van der Waals surface area (Å²) < 4.78 is 10.4. The second-order valence-corrected chi connectivity index (χ2v) is 6.55. The summed E-state index contributed by atoms with van der Waals surface area (Å²) in [5.41, 5.74) is 0.256. The molecule has 1 aromatic heterocycles. The first-order valence-electron chi connectivity index (χ1n) is 9.17. The number of methoxy groups -OCH3 is 1. The number of nitrogens with one attached hydrogen (secondary N) is 2. The van der Waals surface area contributed by atoms with E-state index in [9.17, 15) is 9.59 Å². The van der Waals surface area contributed by atoms with Crippen molar-refractivity contribution in [3.63, 3.8) is 0 Å². The molecule has 2 rings (SSSR count). The normalized spacial score (nSPS) is 21.2. The third kappa shape index (κ3) is 6.16. The lowest BCUT2D eigenvalue weighted by atomic mass is 9.87. The van der Waals surface area contributed by atoms with E-state index in [1.54, 1.807) is 14.0 Å². The molecule has 2 N–H and O–H groups in total. The van der Waals surface area contributed by atoms with Crippen molar-refractivity contribution in [3.8, 4) is 0 Å². The summed E-state index contributed by atoms with van der Waals surface area (Å²) in [6.45, 7) is 2.02. The zero-order chi connectivity index (χ0) is 18.1. The van der Waals surface area contributed by atoms with Crippen LogP contribution in [-0.2, 0) is 14.3 Å². The molecule has 1 saturated carbocycles. The molecule has 0 radical (unpaired) electrons. The largest absolute Gasteiger partial charge is 0.462 e. The highest BCUT2D eigenvalue weighted by Crippen LogP contribution is 2.27. The van der Waals surface area contributed by atoms with Crippen LogP contribution in [0.5, 0.6) is 0 Å².